The number of aromatic nitrogens is 2. The summed E-state index contributed by atoms with van der Waals surface area (Å²) in [6.07, 6.45) is 2.25. The van der Waals surface area contributed by atoms with Crippen LogP contribution in [0.25, 0.3) is 0 Å². The van der Waals surface area contributed by atoms with Gasteiger partial charge in [-0.15, -0.1) is 0 Å². The fourth-order valence-electron chi connectivity index (χ4n) is 4.06. The van der Waals surface area contributed by atoms with E-state index in [9.17, 15) is 18.0 Å². The summed E-state index contributed by atoms with van der Waals surface area (Å²) in [5.41, 5.74) is -0.322. The number of aromatic amines is 1. The lowest BCUT2D eigenvalue weighted by Gasteiger charge is -2.34. The third-order valence-electron chi connectivity index (χ3n) is 5.52. The third kappa shape index (κ3) is 4.66. The van der Waals surface area contributed by atoms with Gasteiger partial charge < -0.3 is 9.88 Å². The number of hydrogen-bond donors (Lipinski definition) is 2. The van der Waals surface area contributed by atoms with Crippen LogP contribution in [0.4, 0.5) is 5.82 Å². The van der Waals surface area contributed by atoms with Crippen molar-refractivity contribution in [3.8, 4) is 0 Å². The molecule has 1 fully saturated rings. The molecule has 1 aliphatic heterocycles. The summed E-state index contributed by atoms with van der Waals surface area (Å²) in [6.45, 7) is 13.1. The number of carbonyl (C=O) groups excluding carboxylic acids is 1. The molecular weight excluding hydrogens is 416 g/mol. The van der Waals surface area contributed by atoms with Crippen molar-refractivity contribution < 1.29 is 13.2 Å². The molecule has 2 N–H and O–H groups in total. The van der Waals surface area contributed by atoms with Crippen LogP contribution in [0.3, 0.4) is 0 Å². The molecule has 0 aromatic carbocycles. The number of amides is 1. The maximum absolute atomic E-state index is 13.1. The molecule has 2 aromatic heterocycles. The largest absolute Gasteiger partial charge is 0.351 e. The van der Waals surface area contributed by atoms with Gasteiger partial charge in [0.25, 0.3) is 21.5 Å². The van der Waals surface area contributed by atoms with Crippen molar-refractivity contribution in [2.24, 2.45) is 5.92 Å². The van der Waals surface area contributed by atoms with Crippen molar-refractivity contribution >= 4 is 21.7 Å². The van der Waals surface area contributed by atoms with Crippen LogP contribution in [-0.4, -0.2) is 36.4 Å². The van der Waals surface area contributed by atoms with Gasteiger partial charge in [0.05, 0.1) is 5.56 Å². The molecule has 0 spiro atoms. The van der Waals surface area contributed by atoms with Crippen LogP contribution in [-0.2, 0) is 15.4 Å². The van der Waals surface area contributed by atoms with Crippen molar-refractivity contribution in [1.29, 1.82) is 0 Å². The first kappa shape index (κ1) is 23.0. The molecule has 31 heavy (non-hydrogen) atoms. The summed E-state index contributed by atoms with van der Waals surface area (Å²) in [4.78, 5) is 33.7. The highest BCUT2D eigenvalue weighted by Crippen LogP contribution is 2.38. The third-order valence-corrected chi connectivity index (χ3v) is 6.87. The number of sulfonamides is 1. The van der Waals surface area contributed by atoms with Crippen LogP contribution in [0.15, 0.2) is 40.2 Å². The number of H-pyrrole nitrogens is 1. The van der Waals surface area contributed by atoms with Gasteiger partial charge in [0.15, 0.2) is 4.90 Å². The van der Waals surface area contributed by atoms with Crippen LogP contribution in [0.1, 0.15) is 64.0 Å². The Balaban J connectivity index is 2.07. The van der Waals surface area contributed by atoms with E-state index in [1.54, 1.807) is 12.1 Å². The molecule has 2 aromatic rings. The fraction of sp³-hybridized carbons (Fsp3) is 0.500. The van der Waals surface area contributed by atoms with Gasteiger partial charge in [0, 0.05) is 29.4 Å². The molecule has 1 aliphatic rings. The highest BCUT2D eigenvalue weighted by Gasteiger charge is 2.39. The van der Waals surface area contributed by atoms with E-state index >= 15 is 0 Å². The van der Waals surface area contributed by atoms with Crippen LogP contribution in [0, 0.1) is 5.92 Å². The topological polar surface area (TPSA) is 112 Å². The minimum absolute atomic E-state index is 0.158. The molecular formula is C22H30N4O4S. The van der Waals surface area contributed by atoms with Gasteiger partial charge in [-0.1, -0.05) is 27.7 Å². The van der Waals surface area contributed by atoms with Gasteiger partial charge in [-0.25, -0.2) is 18.1 Å². The van der Waals surface area contributed by atoms with E-state index in [1.807, 2.05) is 25.5 Å². The first-order chi connectivity index (χ1) is 14.2. The highest BCUT2D eigenvalue weighted by molar-refractivity contribution is 7.90. The van der Waals surface area contributed by atoms with Gasteiger partial charge in [-0.3, -0.25) is 9.59 Å². The molecule has 3 heterocycles. The second-order valence-corrected chi connectivity index (χ2v) is 11.5. The van der Waals surface area contributed by atoms with E-state index in [1.165, 1.54) is 12.3 Å². The fourth-order valence-corrected chi connectivity index (χ4v) is 5.08. The second kappa shape index (κ2) is 7.78. The van der Waals surface area contributed by atoms with Gasteiger partial charge in [-0.05, 0) is 50.5 Å². The van der Waals surface area contributed by atoms with Crippen LogP contribution >= 0.6 is 0 Å². The Hall–Kier alpha value is -2.68. The molecule has 168 valence electrons. The van der Waals surface area contributed by atoms with E-state index in [0.717, 1.165) is 18.2 Å². The lowest BCUT2D eigenvalue weighted by molar-refractivity contribution is 0.0981. The predicted molar refractivity (Wildman–Crippen MR) is 120 cm³/mol. The number of pyridine rings is 2. The summed E-state index contributed by atoms with van der Waals surface area (Å²) in [5.74, 6) is 0.0376. The molecule has 1 saturated heterocycles. The summed E-state index contributed by atoms with van der Waals surface area (Å²) in [7, 11) is -4.35. The second-order valence-electron chi connectivity index (χ2n) is 9.85. The van der Waals surface area contributed by atoms with Gasteiger partial charge in [0.1, 0.15) is 5.82 Å². The van der Waals surface area contributed by atoms with Crippen molar-refractivity contribution in [2.45, 2.75) is 63.8 Å². The number of nitrogens with one attached hydrogen (secondary N) is 2. The zero-order valence-corrected chi connectivity index (χ0v) is 19.6. The average Bonchev–Trinajstić information content (AvgIpc) is 2.92. The highest BCUT2D eigenvalue weighted by atomic mass is 32.2. The average molecular weight is 447 g/mol. The van der Waals surface area contributed by atoms with Crippen LogP contribution < -0.4 is 15.2 Å². The molecule has 0 bridgehead atoms. The van der Waals surface area contributed by atoms with Crippen molar-refractivity contribution in [3.63, 3.8) is 0 Å². The summed E-state index contributed by atoms with van der Waals surface area (Å²) in [5, 5.41) is 0. The maximum Gasteiger partial charge on any atom is 0.269 e. The Labute approximate surface area is 183 Å². The number of hydrogen-bond acceptors (Lipinski definition) is 6. The molecule has 0 saturated carbocycles. The number of rotatable bonds is 4. The predicted octanol–water partition coefficient (Wildman–Crippen LogP) is 2.81. The zero-order chi connectivity index (χ0) is 23.2. The Bertz CT molecular complexity index is 1160. The number of anilines is 1. The lowest BCUT2D eigenvalue weighted by atomic mass is 9.91. The number of carbonyl (C=O) groups is 1. The van der Waals surface area contributed by atoms with Gasteiger partial charge in [0.2, 0.25) is 0 Å². The van der Waals surface area contributed by atoms with E-state index < -0.39 is 26.4 Å². The van der Waals surface area contributed by atoms with Crippen molar-refractivity contribution in [1.82, 2.24) is 14.7 Å². The lowest BCUT2D eigenvalue weighted by Crippen LogP contribution is -2.41. The molecule has 9 heteroatoms. The monoisotopic (exact) mass is 446 g/mol. The molecule has 1 unspecified atom stereocenters. The van der Waals surface area contributed by atoms with Crippen molar-refractivity contribution in [3.05, 3.63) is 52.1 Å². The van der Waals surface area contributed by atoms with Gasteiger partial charge >= 0.3 is 0 Å². The summed E-state index contributed by atoms with van der Waals surface area (Å²) in [6, 6.07) is 5.90. The van der Waals surface area contributed by atoms with Gasteiger partial charge in [-0.2, -0.15) is 0 Å². The molecule has 8 nitrogen and oxygen atoms in total. The zero-order valence-electron chi connectivity index (χ0n) is 18.8. The van der Waals surface area contributed by atoms with E-state index in [2.05, 4.69) is 30.7 Å². The van der Waals surface area contributed by atoms with E-state index in [0.29, 0.717) is 18.3 Å². The normalized spacial score (nSPS) is 18.8. The Morgan fingerprint density at radius 2 is 1.94 bits per heavy atom. The maximum atomic E-state index is 13.1. The smallest absolute Gasteiger partial charge is 0.269 e. The molecule has 1 amide bonds. The molecule has 3 rings (SSSR count). The van der Waals surface area contributed by atoms with E-state index in [-0.39, 0.29) is 16.5 Å². The summed E-state index contributed by atoms with van der Waals surface area (Å²) >= 11 is 0. The van der Waals surface area contributed by atoms with E-state index in [4.69, 9.17) is 4.98 Å². The Morgan fingerprint density at radius 1 is 1.26 bits per heavy atom. The minimum atomic E-state index is -4.35. The van der Waals surface area contributed by atoms with Crippen molar-refractivity contribution in [2.75, 3.05) is 11.4 Å². The standard InChI is InChI=1S/C22H30N4O4S/c1-14-12-22(5,6)26(13-14)18-15(9-10-17(24-18)21(2,3)4)19(27)25-31(29,30)16-8-7-11-23-20(16)28/h7-11,14H,12-13H2,1-6H3,(H,23,28)(H,25,27). The molecule has 0 aliphatic carbocycles. The molecule has 1 atom stereocenters. The van der Waals surface area contributed by atoms with Crippen LogP contribution in [0.2, 0.25) is 0 Å². The molecule has 0 radical (unpaired) electrons. The Kier molecular flexibility index (Phi) is 5.77. The minimum Gasteiger partial charge on any atom is -0.351 e. The first-order valence-electron chi connectivity index (χ1n) is 10.3. The quantitative estimate of drug-likeness (QED) is 0.747. The number of nitrogens with zero attached hydrogens (tertiary/aromatic N) is 2. The SMILES string of the molecule is CC1CN(c2nc(C(C)(C)C)ccc2C(=O)NS(=O)(=O)c2ccc[nH]c2=O)C(C)(C)C1. The van der Waals surface area contributed by atoms with Crippen LogP contribution in [0.5, 0.6) is 0 Å². The summed E-state index contributed by atoms with van der Waals surface area (Å²) < 4.78 is 27.4. The Morgan fingerprint density at radius 3 is 2.48 bits per heavy atom. The first-order valence-corrected chi connectivity index (χ1v) is 11.7.